The Hall–Kier alpha value is -1.31. The molecule has 6 heteroatoms. The molecule has 1 unspecified atom stereocenters. The van der Waals surface area contributed by atoms with Crippen molar-refractivity contribution >= 4 is 35.8 Å². The molecule has 130 valence electrons. The fourth-order valence-corrected chi connectivity index (χ4v) is 1.79. The fraction of sp³-hybridized carbons (Fsp3) is 0.529. The lowest BCUT2D eigenvalue weighted by Crippen LogP contribution is -2.43. The van der Waals surface area contributed by atoms with Gasteiger partial charge in [0.2, 0.25) is 0 Å². The highest BCUT2D eigenvalue weighted by Crippen LogP contribution is 2.06. The summed E-state index contributed by atoms with van der Waals surface area (Å²) in [5, 5.41) is 6.65. The van der Waals surface area contributed by atoms with Crippen LogP contribution in [0.25, 0.3) is 0 Å². The number of rotatable bonds is 5. The Balaban J connectivity index is 0.00000484. The zero-order valence-corrected chi connectivity index (χ0v) is 17.2. The van der Waals surface area contributed by atoms with Crippen LogP contribution < -0.4 is 10.6 Å². The molecule has 0 aliphatic heterocycles. The lowest BCUT2D eigenvalue weighted by molar-refractivity contribution is 0.0827. The summed E-state index contributed by atoms with van der Waals surface area (Å²) in [5.41, 5.74) is 1.81. The van der Waals surface area contributed by atoms with Crippen molar-refractivity contribution in [3.63, 3.8) is 0 Å². The molecule has 0 saturated carbocycles. The van der Waals surface area contributed by atoms with Crippen LogP contribution in [-0.2, 0) is 6.54 Å². The summed E-state index contributed by atoms with van der Waals surface area (Å²) in [6.45, 7) is 7.15. The quantitative estimate of drug-likeness (QED) is 0.428. The molecule has 1 rings (SSSR count). The molecule has 23 heavy (non-hydrogen) atoms. The Labute approximate surface area is 157 Å². The average molecular weight is 432 g/mol. The predicted molar refractivity (Wildman–Crippen MR) is 108 cm³/mol. The van der Waals surface area contributed by atoms with Crippen LogP contribution in [0, 0.1) is 5.92 Å². The van der Waals surface area contributed by atoms with E-state index >= 15 is 0 Å². The Morgan fingerprint density at radius 3 is 2.17 bits per heavy atom. The van der Waals surface area contributed by atoms with Gasteiger partial charge in [0.05, 0.1) is 0 Å². The number of guanidine groups is 1. The number of carbonyl (C=O) groups is 1. The van der Waals surface area contributed by atoms with Crippen LogP contribution in [0.3, 0.4) is 0 Å². The second kappa shape index (κ2) is 10.5. The molecule has 0 saturated heterocycles. The number of halogens is 1. The molecule has 0 aliphatic carbocycles. The number of nitrogens with one attached hydrogen (secondary N) is 2. The van der Waals surface area contributed by atoms with Crippen LogP contribution in [0.1, 0.15) is 36.7 Å². The number of hydrogen-bond acceptors (Lipinski definition) is 2. The minimum atomic E-state index is 0. The molecule has 0 heterocycles. The van der Waals surface area contributed by atoms with Gasteiger partial charge in [0.15, 0.2) is 5.96 Å². The first-order valence-electron chi connectivity index (χ1n) is 7.63. The SMILES string of the molecule is CN=C(NCc1ccc(C(=O)N(C)C)cc1)NC(C)C(C)C.I. The van der Waals surface area contributed by atoms with Crippen molar-refractivity contribution in [2.75, 3.05) is 21.1 Å². The van der Waals surface area contributed by atoms with Crippen molar-refractivity contribution in [2.24, 2.45) is 10.9 Å². The summed E-state index contributed by atoms with van der Waals surface area (Å²) >= 11 is 0. The molecule has 0 spiro atoms. The summed E-state index contributed by atoms with van der Waals surface area (Å²) < 4.78 is 0. The van der Waals surface area contributed by atoms with E-state index in [0.29, 0.717) is 24.1 Å². The molecule has 0 bridgehead atoms. The van der Waals surface area contributed by atoms with Gasteiger partial charge in [0.25, 0.3) is 5.91 Å². The van der Waals surface area contributed by atoms with Gasteiger partial charge in [-0.15, -0.1) is 24.0 Å². The summed E-state index contributed by atoms with van der Waals surface area (Å²) in [7, 11) is 5.27. The van der Waals surface area contributed by atoms with Crippen LogP contribution >= 0.6 is 24.0 Å². The summed E-state index contributed by atoms with van der Waals surface area (Å²) in [6.07, 6.45) is 0. The van der Waals surface area contributed by atoms with E-state index < -0.39 is 0 Å². The molecule has 1 aromatic rings. The Morgan fingerprint density at radius 2 is 1.74 bits per heavy atom. The minimum Gasteiger partial charge on any atom is -0.354 e. The third-order valence-electron chi connectivity index (χ3n) is 3.66. The van der Waals surface area contributed by atoms with Gasteiger partial charge in [-0.3, -0.25) is 9.79 Å². The smallest absolute Gasteiger partial charge is 0.253 e. The van der Waals surface area contributed by atoms with E-state index in [1.807, 2.05) is 24.3 Å². The maximum absolute atomic E-state index is 11.8. The first-order chi connectivity index (χ1) is 10.3. The first kappa shape index (κ1) is 21.7. The summed E-state index contributed by atoms with van der Waals surface area (Å²) in [4.78, 5) is 17.6. The molecule has 1 atom stereocenters. The zero-order valence-electron chi connectivity index (χ0n) is 14.9. The summed E-state index contributed by atoms with van der Waals surface area (Å²) in [5.74, 6) is 1.34. The maximum atomic E-state index is 11.8. The zero-order chi connectivity index (χ0) is 16.7. The van der Waals surface area contributed by atoms with Crippen LogP contribution in [-0.4, -0.2) is 44.0 Å². The third-order valence-corrected chi connectivity index (χ3v) is 3.66. The van der Waals surface area contributed by atoms with Gasteiger partial charge in [0.1, 0.15) is 0 Å². The van der Waals surface area contributed by atoms with Crippen molar-refractivity contribution in [1.29, 1.82) is 0 Å². The van der Waals surface area contributed by atoms with Gasteiger partial charge in [-0.05, 0) is 30.5 Å². The van der Waals surface area contributed by atoms with Gasteiger partial charge in [0, 0.05) is 39.3 Å². The monoisotopic (exact) mass is 432 g/mol. The predicted octanol–water partition coefficient (Wildman–Crippen LogP) is 2.72. The third kappa shape index (κ3) is 7.20. The highest BCUT2D eigenvalue weighted by Gasteiger charge is 2.09. The topological polar surface area (TPSA) is 56.7 Å². The van der Waals surface area contributed by atoms with E-state index in [2.05, 4.69) is 36.4 Å². The van der Waals surface area contributed by atoms with E-state index in [1.165, 1.54) is 0 Å². The standard InChI is InChI=1S/C17H28N4O.HI/c1-12(2)13(3)20-17(18-4)19-11-14-7-9-15(10-8-14)16(22)21(5)6;/h7-10,12-13H,11H2,1-6H3,(H2,18,19,20);1H. The molecule has 0 aromatic heterocycles. The lowest BCUT2D eigenvalue weighted by Gasteiger charge is -2.20. The van der Waals surface area contributed by atoms with E-state index in [4.69, 9.17) is 0 Å². The summed E-state index contributed by atoms with van der Waals surface area (Å²) in [6, 6.07) is 7.98. The van der Waals surface area contributed by atoms with Crippen molar-refractivity contribution in [3.8, 4) is 0 Å². The normalized spacial score (nSPS) is 12.4. The molecular weight excluding hydrogens is 403 g/mol. The Morgan fingerprint density at radius 1 is 1.17 bits per heavy atom. The molecule has 5 nitrogen and oxygen atoms in total. The van der Waals surface area contributed by atoms with Crippen molar-refractivity contribution in [1.82, 2.24) is 15.5 Å². The number of hydrogen-bond donors (Lipinski definition) is 2. The Bertz CT molecular complexity index is 512. The Kier molecular flexibility index (Phi) is 9.87. The van der Waals surface area contributed by atoms with Crippen LogP contribution in [0.15, 0.2) is 29.3 Å². The van der Waals surface area contributed by atoms with E-state index in [9.17, 15) is 4.79 Å². The molecule has 0 radical (unpaired) electrons. The fourth-order valence-electron chi connectivity index (χ4n) is 1.79. The van der Waals surface area contributed by atoms with Gasteiger partial charge in [-0.1, -0.05) is 26.0 Å². The second-order valence-corrected chi connectivity index (χ2v) is 6.00. The van der Waals surface area contributed by atoms with Crippen LogP contribution in [0.2, 0.25) is 0 Å². The second-order valence-electron chi connectivity index (χ2n) is 6.00. The number of carbonyl (C=O) groups excluding carboxylic acids is 1. The van der Waals surface area contributed by atoms with Crippen molar-refractivity contribution in [3.05, 3.63) is 35.4 Å². The average Bonchev–Trinajstić information content (AvgIpc) is 2.50. The number of aliphatic imine (C=N–C) groups is 1. The molecular formula is C17H29IN4O. The van der Waals surface area contributed by atoms with Crippen LogP contribution in [0.4, 0.5) is 0 Å². The maximum Gasteiger partial charge on any atom is 0.253 e. The van der Waals surface area contributed by atoms with Crippen molar-refractivity contribution < 1.29 is 4.79 Å². The largest absolute Gasteiger partial charge is 0.354 e. The van der Waals surface area contributed by atoms with E-state index in [-0.39, 0.29) is 29.9 Å². The van der Waals surface area contributed by atoms with Gasteiger partial charge in [-0.25, -0.2) is 0 Å². The molecule has 2 N–H and O–H groups in total. The molecule has 1 aromatic carbocycles. The highest BCUT2D eigenvalue weighted by molar-refractivity contribution is 14.0. The van der Waals surface area contributed by atoms with Gasteiger partial charge < -0.3 is 15.5 Å². The van der Waals surface area contributed by atoms with E-state index in [0.717, 1.165) is 11.5 Å². The van der Waals surface area contributed by atoms with E-state index in [1.54, 1.807) is 26.0 Å². The lowest BCUT2D eigenvalue weighted by atomic mass is 10.1. The molecule has 1 amide bonds. The molecule has 0 aliphatic rings. The minimum absolute atomic E-state index is 0. The number of benzene rings is 1. The van der Waals surface area contributed by atoms with Crippen molar-refractivity contribution in [2.45, 2.75) is 33.4 Å². The van der Waals surface area contributed by atoms with Gasteiger partial charge >= 0.3 is 0 Å². The van der Waals surface area contributed by atoms with Gasteiger partial charge in [-0.2, -0.15) is 0 Å². The number of amides is 1. The number of nitrogens with zero attached hydrogens (tertiary/aromatic N) is 2. The highest BCUT2D eigenvalue weighted by atomic mass is 127. The molecule has 0 fully saturated rings. The van der Waals surface area contributed by atoms with Crippen LogP contribution in [0.5, 0.6) is 0 Å². The first-order valence-corrected chi connectivity index (χ1v) is 7.63.